The average molecular weight is 196 g/mol. The van der Waals surface area contributed by atoms with E-state index in [2.05, 4.69) is 18.1 Å². The summed E-state index contributed by atoms with van der Waals surface area (Å²) in [5.41, 5.74) is 0.617. The zero-order valence-corrected chi connectivity index (χ0v) is 9.32. The number of allylic oxidation sites excluding steroid dienone is 2. The topological polar surface area (TPSA) is 26.7 Å². The Kier molecular flexibility index (Phi) is 5.72. The van der Waals surface area contributed by atoms with Crippen LogP contribution in [-0.2, 0) is 0 Å². The second-order valence-corrected chi connectivity index (χ2v) is 3.46. The first-order valence-electron chi connectivity index (χ1n) is 4.56. The van der Waals surface area contributed by atoms with Gasteiger partial charge in [-0.2, -0.15) is 0 Å². The molecule has 0 atom stereocenters. The Bertz CT molecular complexity index is 231. The Morgan fingerprint density at radius 1 is 1.29 bits per heavy atom. The van der Waals surface area contributed by atoms with E-state index in [1.54, 1.807) is 6.08 Å². The highest BCUT2D eigenvalue weighted by atomic mass is 16.3. The minimum Gasteiger partial charge on any atom is -0.506 e. The number of hydrogen-bond donors (Lipinski definition) is 1. The average Bonchev–Trinajstić information content (AvgIpc) is 2.13. The highest BCUT2D eigenvalue weighted by Gasteiger charge is 2.05. The van der Waals surface area contributed by atoms with Crippen LogP contribution in [0.5, 0.6) is 0 Å². The van der Waals surface area contributed by atoms with Crippen molar-refractivity contribution < 1.29 is 5.11 Å². The molecule has 0 rings (SSSR count). The zero-order valence-electron chi connectivity index (χ0n) is 9.32. The minimum absolute atomic E-state index is 0.168. The van der Waals surface area contributed by atoms with E-state index in [1.807, 2.05) is 26.0 Å². The van der Waals surface area contributed by atoms with Crippen molar-refractivity contribution in [2.45, 2.75) is 0 Å². The van der Waals surface area contributed by atoms with E-state index >= 15 is 0 Å². The summed E-state index contributed by atoms with van der Waals surface area (Å²) in [6.45, 7) is 9.07. The highest BCUT2D eigenvalue weighted by Crippen LogP contribution is 2.07. The van der Waals surface area contributed by atoms with E-state index in [0.29, 0.717) is 5.70 Å². The van der Waals surface area contributed by atoms with Gasteiger partial charge >= 0.3 is 0 Å². The summed E-state index contributed by atoms with van der Waals surface area (Å²) in [6.07, 6.45) is 3.08. The van der Waals surface area contributed by atoms with E-state index in [-0.39, 0.29) is 5.76 Å². The van der Waals surface area contributed by atoms with E-state index in [1.165, 1.54) is 6.08 Å². The van der Waals surface area contributed by atoms with Gasteiger partial charge in [0.05, 0.1) is 5.70 Å². The Balaban J connectivity index is 4.12. The molecule has 1 N–H and O–H groups in total. The Morgan fingerprint density at radius 3 is 2.29 bits per heavy atom. The molecule has 0 aromatic rings. The summed E-state index contributed by atoms with van der Waals surface area (Å²) in [7, 11) is 5.92. The molecule has 0 saturated carbocycles. The first kappa shape index (κ1) is 12.8. The van der Waals surface area contributed by atoms with Gasteiger partial charge in [0.15, 0.2) is 0 Å². The molecular formula is C11H20N2O. The van der Waals surface area contributed by atoms with Crippen molar-refractivity contribution in [3.63, 3.8) is 0 Å². The van der Waals surface area contributed by atoms with Crippen molar-refractivity contribution in [1.82, 2.24) is 9.80 Å². The van der Waals surface area contributed by atoms with Crippen molar-refractivity contribution in [3.05, 3.63) is 36.8 Å². The summed E-state index contributed by atoms with van der Waals surface area (Å²) in [5, 5.41) is 9.49. The number of aliphatic hydroxyl groups excluding tert-OH is 1. The molecule has 0 spiro atoms. The SMILES string of the molecule is C=C/C=C(/O)C(=C)N(C)CCN(C)C. The minimum atomic E-state index is 0.168. The molecule has 0 aromatic heterocycles. The number of hydrogen-bond acceptors (Lipinski definition) is 3. The molecule has 0 aromatic carbocycles. The van der Waals surface area contributed by atoms with Crippen LogP contribution in [0.4, 0.5) is 0 Å². The number of likely N-dealkylation sites (N-methyl/N-ethyl adjacent to an activating group) is 2. The van der Waals surface area contributed by atoms with Crippen LogP contribution in [0.2, 0.25) is 0 Å². The largest absolute Gasteiger partial charge is 0.506 e. The van der Waals surface area contributed by atoms with E-state index < -0.39 is 0 Å². The molecule has 3 heteroatoms. The van der Waals surface area contributed by atoms with Gasteiger partial charge in [-0.15, -0.1) is 0 Å². The lowest BCUT2D eigenvalue weighted by Crippen LogP contribution is -2.28. The third kappa shape index (κ3) is 4.72. The second-order valence-electron chi connectivity index (χ2n) is 3.46. The molecule has 0 heterocycles. The van der Waals surface area contributed by atoms with Crippen molar-refractivity contribution in [2.75, 3.05) is 34.2 Å². The molecule has 0 radical (unpaired) electrons. The Morgan fingerprint density at radius 2 is 1.86 bits per heavy atom. The van der Waals surface area contributed by atoms with E-state index in [9.17, 15) is 5.11 Å². The lowest BCUT2D eigenvalue weighted by molar-refractivity contribution is 0.304. The fourth-order valence-corrected chi connectivity index (χ4v) is 0.888. The number of nitrogens with zero attached hydrogens (tertiary/aromatic N) is 2. The first-order chi connectivity index (χ1) is 6.49. The van der Waals surface area contributed by atoms with Gasteiger partial charge in [-0.3, -0.25) is 0 Å². The predicted molar refractivity (Wildman–Crippen MR) is 61.2 cm³/mol. The van der Waals surface area contributed by atoms with E-state index in [4.69, 9.17) is 0 Å². The third-order valence-corrected chi connectivity index (χ3v) is 1.91. The molecule has 3 nitrogen and oxygen atoms in total. The standard InChI is InChI=1S/C11H20N2O/c1-6-7-11(14)10(2)13(5)9-8-12(3)4/h6-7,14H,1-2,8-9H2,3-5H3/b11-7+. The van der Waals surface area contributed by atoms with Crippen LogP contribution in [0.3, 0.4) is 0 Å². The van der Waals surface area contributed by atoms with Gasteiger partial charge in [-0.25, -0.2) is 0 Å². The molecule has 0 bridgehead atoms. The highest BCUT2D eigenvalue weighted by molar-refractivity contribution is 5.23. The van der Waals surface area contributed by atoms with Crippen LogP contribution < -0.4 is 0 Å². The predicted octanol–water partition coefficient (Wildman–Crippen LogP) is 1.62. The van der Waals surface area contributed by atoms with Gasteiger partial charge in [0.1, 0.15) is 5.76 Å². The molecule has 0 aliphatic carbocycles. The summed E-state index contributed by atoms with van der Waals surface area (Å²) in [4.78, 5) is 3.99. The summed E-state index contributed by atoms with van der Waals surface area (Å²) >= 11 is 0. The smallest absolute Gasteiger partial charge is 0.138 e. The zero-order chi connectivity index (χ0) is 11.1. The maximum atomic E-state index is 9.49. The van der Waals surface area contributed by atoms with Crippen LogP contribution in [0.15, 0.2) is 36.8 Å². The van der Waals surface area contributed by atoms with Crippen molar-refractivity contribution in [1.29, 1.82) is 0 Å². The van der Waals surface area contributed by atoms with Gasteiger partial charge in [0.2, 0.25) is 0 Å². The fraction of sp³-hybridized carbons (Fsp3) is 0.455. The molecule has 0 amide bonds. The Labute approximate surface area is 86.6 Å². The van der Waals surface area contributed by atoms with Gasteiger partial charge in [-0.1, -0.05) is 19.2 Å². The number of aliphatic hydroxyl groups is 1. The molecule has 0 aliphatic rings. The monoisotopic (exact) mass is 196 g/mol. The molecule has 0 fully saturated rings. The summed E-state index contributed by atoms with van der Waals surface area (Å²) < 4.78 is 0. The van der Waals surface area contributed by atoms with E-state index in [0.717, 1.165) is 13.1 Å². The molecule has 0 saturated heterocycles. The van der Waals surface area contributed by atoms with Gasteiger partial charge in [-0.05, 0) is 20.2 Å². The van der Waals surface area contributed by atoms with Crippen molar-refractivity contribution in [3.8, 4) is 0 Å². The molecule has 14 heavy (non-hydrogen) atoms. The van der Waals surface area contributed by atoms with Crippen LogP contribution in [-0.4, -0.2) is 49.1 Å². The lowest BCUT2D eigenvalue weighted by Gasteiger charge is -2.22. The van der Waals surface area contributed by atoms with Crippen LogP contribution in [0.25, 0.3) is 0 Å². The lowest BCUT2D eigenvalue weighted by atomic mass is 10.3. The fourth-order valence-electron chi connectivity index (χ4n) is 0.888. The van der Waals surface area contributed by atoms with Gasteiger partial charge < -0.3 is 14.9 Å². The number of rotatable bonds is 6. The second kappa shape index (κ2) is 6.27. The van der Waals surface area contributed by atoms with Crippen molar-refractivity contribution in [2.24, 2.45) is 0 Å². The summed E-state index contributed by atoms with van der Waals surface area (Å²) in [6, 6.07) is 0. The molecule has 0 aliphatic heterocycles. The molecular weight excluding hydrogens is 176 g/mol. The van der Waals surface area contributed by atoms with Crippen LogP contribution in [0.1, 0.15) is 0 Å². The summed E-state index contributed by atoms with van der Waals surface area (Å²) in [5.74, 6) is 0.168. The maximum absolute atomic E-state index is 9.49. The normalized spacial score (nSPS) is 11.6. The third-order valence-electron chi connectivity index (χ3n) is 1.91. The molecule has 0 unspecified atom stereocenters. The quantitative estimate of drug-likeness (QED) is 0.516. The molecule has 80 valence electrons. The first-order valence-corrected chi connectivity index (χ1v) is 4.56. The van der Waals surface area contributed by atoms with Crippen LogP contribution >= 0.6 is 0 Å². The van der Waals surface area contributed by atoms with Crippen molar-refractivity contribution >= 4 is 0 Å². The van der Waals surface area contributed by atoms with Crippen LogP contribution in [0, 0.1) is 0 Å². The maximum Gasteiger partial charge on any atom is 0.138 e. The van der Waals surface area contributed by atoms with Gasteiger partial charge in [0, 0.05) is 20.1 Å². The van der Waals surface area contributed by atoms with Gasteiger partial charge in [0.25, 0.3) is 0 Å². The Hall–Kier alpha value is -1.22.